The minimum absolute atomic E-state index is 0.0126. The molecule has 2 N–H and O–H groups in total. The molecule has 180 valence electrons. The number of hydrogen-bond donors (Lipinski definition) is 2. The van der Waals surface area contributed by atoms with Crippen molar-refractivity contribution in [2.24, 2.45) is 0 Å². The van der Waals surface area contributed by atoms with E-state index in [-0.39, 0.29) is 36.8 Å². The van der Waals surface area contributed by atoms with E-state index in [2.05, 4.69) is 9.97 Å². The van der Waals surface area contributed by atoms with Crippen LogP contribution in [0, 0.1) is 5.82 Å². The molecule has 9 nitrogen and oxygen atoms in total. The Labute approximate surface area is 192 Å². The quantitative estimate of drug-likeness (QED) is 0.576. The lowest BCUT2D eigenvalue weighted by atomic mass is 9.90. The number of hydrogen-bond acceptors (Lipinski definition) is 8. The number of aliphatic hydroxyl groups excluding tert-OH is 2. The summed E-state index contributed by atoms with van der Waals surface area (Å²) in [6, 6.07) is 5.43. The summed E-state index contributed by atoms with van der Waals surface area (Å²) in [6.45, 7) is 3.67. The summed E-state index contributed by atoms with van der Waals surface area (Å²) in [5.41, 5.74) is 1.44. The first-order valence-electron chi connectivity index (χ1n) is 10.5. The molecule has 1 saturated heterocycles. The fourth-order valence-electron chi connectivity index (χ4n) is 3.73. The highest BCUT2D eigenvalue weighted by Gasteiger charge is 2.32. The Morgan fingerprint density at radius 3 is 2.42 bits per heavy atom. The van der Waals surface area contributed by atoms with Crippen LogP contribution in [0.15, 0.2) is 24.3 Å². The Hall–Kier alpha value is -2.63. The third-order valence-corrected chi connectivity index (χ3v) is 6.62. The summed E-state index contributed by atoms with van der Waals surface area (Å²) >= 11 is 0. The Bertz CT molecular complexity index is 1120. The first kappa shape index (κ1) is 25.0. The molecule has 1 aliphatic heterocycles. The van der Waals surface area contributed by atoms with E-state index in [1.54, 1.807) is 0 Å². The first-order valence-corrected chi connectivity index (χ1v) is 12.4. The van der Waals surface area contributed by atoms with Crippen molar-refractivity contribution in [1.29, 1.82) is 0 Å². The third-order valence-electron chi connectivity index (χ3n) is 5.46. The van der Waals surface area contributed by atoms with Gasteiger partial charge in [-0.15, -0.1) is 0 Å². The number of nitrogens with zero attached hydrogens (tertiary/aromatic N) is 3. The number of benzene rings is 1. The topological polar surface area (TPSA) is 130 Å². The van der Waals surface area contributed by atoms with Gasteiger partial charge in [0.25, 0.3) is 0 Å². The van der Waals surface area contributed by atoms with Crippen LogP contribution < -0.4 is 4.31 Å². The molecule has 1 aromatic carbocycles. The van der Waals surface area contributed by atoms with Gasteiger partial charge in [-0.05, 0) is 30.2 Å². The molecule has 33 heavy (non-hydrogen) atoms. The van der Waals surface area contributed by atoms with Crippen LogP contribution in [0.2, 0.25) is 0 Å². The second-order valence-corrected chi connectivity index (χ2v) is 10.5. The third kappa shape index (κ3) is 5.84. The maximum atomic E-state index is 13.6. The number of aromatic nitrogens is 2. The second kappa shape index (κ2) is 9.70. The first-order chi connectivity index (χ1) is 15.4. The molecule has 3 rings (SSSR count). The lowest BCUT2D eigenvalue weighted by Crippen LogP contribution is -2.34. The summed E-state index contributed by atoms with van der Waals surface area (Å²) in [7, 11) is -2.35. The highest BCUT2D eigenvalue weighted by Crippen LogP contribution is 2.37. The Balaban J connectivity index is 2.15. The standard InChI is InChI=1S/C22H28FN3O6S/c1-12(2)20-19(17(28)11-16-9-15(27)10-18(29)32-16)21(13-5-7-14(23)8-6-13)25-22(24-20)26(3)33(4,30)31/h5-8,12,15-17,27-28H,9-11H2,1-4H3/t15-,16+,17?/m1/s1. The number of sulfonamides is 1. The maximum absolute atomic E-state index is 13.6. The Morgan fingerprint density at radius 2 is 1.88 bits per heavy atom. The molecule has 0 aliphatic carbocycles. The number of ether oxygens (including phenoxy) is 1. The van der Waals surface area contributed by atoms with Crippen LogP contribution in [0.5, 0.6) is 0 Å². The van der Waals surface area contributed by atoms with Gasteiger partial charge in [-0.1, -0.05) is 13.8 Å². The van der Waals surface area contributed by atoms with Crippen LogP contribution >= 0.6 is 0 Å². The SMILES string of the molecule is CC(C)c1nc(N(C)S(C)(=O)=O)nc(-c2ccc(F)cc2)c1C(O)C[C@@H]1C[C@@H](O)CC(=O)O1. The van der Waals surface area contributed by atoms with Gasteiger partial charge in [0.1, 0.15) is 11.9 Å². The smallest absolute Gasteiger partial charge is 0.308 e. The monoisotopic (exact) mass is 481 g/mol. The van der Waals surface area contributed by atoms with Crippen molar-refractivity contribution in [2.45, 2.75) is 57.3 Å². The fourth-order valence-corrected chi connectivity index (χ4v) is 4.11. The van der Waals surface area contributed by atoms with Crippen LogP contribution in [-0.4, -0.2) is 60.1 Å². The summed E-state index contributed by atoms with van der Waals surface area (Å²) in [5.74, 6) is -1.33. The summed E-state index contributed by atoms with van der Waals surface area (Å²) in [5, 5.41) is 21.1. The minimum Gasteiger partial charge on any atom is -0.462 e. The van der Waals surface area contributed by atoms with Crippen molar-refractivity contribution in [3.8, 4) is 11.3 Å². The summed E-state index contributed by atoms with van der Waals surface area (Å²) in [4.78, 5) is 20.6. The molecule has 0 bridgehead atoms. The maximum Gasteiger partial charge on any atom is 0.308 e. The number of esters is 1. The lowest BCUT2D eigenvalue weighted by Gasteiger charge is -2.29. The number of rotatable bonds is 7. The number of carbonyl (C=O) groups is 1. The average molecular weight is 482 g/mol. The number of aliphatic hydroxyl groups is 2. The van der Waals surface area contributed by atoms with E-state index in [9.17, 15) is 27.8 Å². The molecule has 0 amide bonds. The summed E-state index contributed by atoms with van der Waals surface area (Å²) < 4.78 is 44.0. The van der Waals surface area contributed by atoms with Gasteiger partial charge in [0, 0.05) is 31.0 Å². The van der Waals surface area contributed by atoms with E-state index in [1.807, 2.05) is 13.8 Å². The molecule has 11 heteroatoms. The fraction of sp³-hybridized carbons (Fsp3) is 0.500. The molecule has 3 atom stereocenters. The number of carbonyl (C=O) groups excluding carboxylic acids is 1. The Morgan fingerprint density at radius 1 is 1.24 bits per heavy atom. The average Bonchev–Trinajstić information content (AvgIpc) is 2.71. The number of halogens is 1. The number of anilines is 1. The molecule has 1 aliphatic rings. The van der Waals surface area contributed by atoms with Crippen molar-refractivity contribution in [3.05, 3.63) is 41.3 Å². The molecule has 1 fully saturated rings. The normalized spacial score (nSPS) is 19.9. The molecular formula is C22H28FN3O6S. The van der Waals surface area contributed by atoms with Crippen LogP contribution in [0.1, 0.15) is 56.4 Å². The van der Waals surface area contributed by atoms with E-state index in [1.165, 1.54) is 31.3 Å². The summed E-state index contributed by atoms with van der Waals surface area (Å²) in [6.07, 6.45) is -1.66. The van der Waals surface area contributed by atoms with Crippen molar-refractivity contribution < 1.29 is 32.6 Å². The molecule has 0 spiro atoms. The largest absolute Gasteiger partial charge is 0.462 e. The highest BCUT2D eigenvalue weighted by atomic mass is 32.2. The number of cyclic esters (lactones) is 1. The van der Waals surface area contributed by atoms with Gasteiger partial charge in [0.2, 0.25) is 16.0 Å². The van der Waals surface area contributed by atoms with Crippen molar-refractivity contribution in [1.82, 2.24) is 9.97 Å². The van der Waals surface area contributed by atoms with E-state index < -0.39 is 40.1 Å². The van der Waals surface area contributed by atoms with Gasteiger partial charge >= 0.3 is 5.97 Å². The Kier molecular flexibility index (Phi) is 7.35. The van der Waals surface area contributed by atoms with Crippen molar-refractivity contribution in [2.75, 3.05) is 17.6 Å². The van der Waals surface area contributed by atoms with E-state index in [0.29, 0.717) is 16.8 Å². The molecule has 0 radical (unpaired) electrons. The zero-order valence-corrected chi connectivity index (χ0v) is 19.7. The lowest BCUT2D eigenvalue weighted by molar-refractivity contribution is -0.161. The predicted molar refractivity (Wildman–Crippen MR) is 119 cm³/mol. The van der Waals surface area contributed by atoms with Crippen LogP contribution in [0.25, 0.3) is 11.3 Å². The minimum atomic E-state index is -3.67. The molecule has 1 aromatic heterocycles. The zero-order valence-electron chi connectivity index (χ0n) is 18.9. The molecule has 2 aromatic rings. The van der Waals surface area contributed by atoms with E-state index >= 15 is 0 Å². The molecular weight excluding hydrogens is 453 g/mol. The molecule has 2 heterocycles. The van der Waals surface area contributed by atoms with Gasteiger partial charge in [-0.25, -0.2) is 27.1 Å². The van der Waals surface area contributed by atoms with Crippen LogP contribution in [0.4, 0.5) is 10.3 Å². The molecule has 1 unspecified atom stereocenters. The van der Waals surface area contributed by atoms with E-state index in [4.69, 9.17) is 4.74 Å². The van der Waals surface area contributed by atoms with Crippen LogP contribution in [-0.2, 0) is 19.6 Å². The van der Waals surface area contributed by atoms with Gasteiger partial charge in [-0.2, -0.15) is 0 Å². The van der Waals surface area contributed by atoms with Crippen LogP contribution in [0.3, 0.4) is 0 Å². The highest BCUT2D eigenvalue weighted by molar-refractivity contribution is 7.92. The van der Waals surface area contributed by atoms with Gasteiger partial charge < -0.3 is 14.9 Å². The van der Waals surface area contributed by atoms with Crippen molar-refractivity contribution >= 4 is 21.9 Å². The van der Waals surface area contributed by atoms with Gasteiger partial charge in [0.15, 0.2) is 0 Å². The van der Waals surface area contributed by atoms with E-state index in [0.717, 1.165) is 10.6 Å². The second-order valence-electron chi connectivity index (χ2n) is 8.52. The molecule has 0 saturated carbocycles. The van der Waals surface area contributed by atoms with Gasteiger partial charge in [0.05, 0.1) is 36.3 Å². The van der Waals surface area contributed by atoms with Gasteiger partial charge in [-0.3, -0.25) is 4.79 Å². The zero-order chi connectivity index (χ0) is 24.5. The predicted octanol–water partition coefficient (Wildman–Crippen LogP) is 2.29. The van der Waals surface area contributed by atoms with Crippen molar-refractivity contribution in [3.63, 3.8) is 0 Å².